The Morgan fingerprint density at radius 1 is 1.40 bits per heavy atom. The molecule has 0 aliphatic rings. The van der Waals surface area contributed by atoms with Crippen LogP contribution in [0.5, 0.6) is 0 Å². The van der Waals surface area contributed by atoms with Crippen LogP contribution in [0.1, 0.15) is 13.8 Å². The molecule has 0 saturated heterocycles. The average molecular weight is 149 g/mol. The minimum Gasteiger partial charge on any atom is -0.392 e. The lowest BCUT2D eigenvalue weighted by Gasteiger charge is -2.15. The van der Waals surface area contributed by atoms with Crippen molar-refractivity contribution in [1.29, 1.82) is 0 Å². The van der Waals surface area contributed by atoms with Crippen molar-refractivity contribution >= 4 is 0 Å². The molecule has 4 N–H and O–H groups in total. The molecule has 0 aromatic carbocycles. The molecule has 0 saturated carbocycles. The monoisotopic (exact) mass is 149 g/mol. The molecule has 0 aromatic rings. The normalized spacial score (nSPS) is 20.1. The summed E-state index contributed by atoms with van der Waals surface area (Å²) in [5.41, 5.74) is 5.38. The number of aliphatic hydroxyl groups is 2. The van der Waals surface area contributed by atoms with E-state index in [4.69, 9.17) is 20.7 Å². The van der Waals surface area contributed by atoms with Gasteiger partial charge < -0.3 is 20.7 Å². The maximum Gasteiger partial charge on any atom is 0.151 e. The topological polar surface area (TPSA) is 75.7 Å². The first kappa shape index (κ1) is 9.84. The van der Waals surface area contributed by atoms with Gasteiger partial charge in [0, 0.05) is 0 Å². The molecule has 4 nitrogen and oxygen atoms in total. The average Bonchev–Trinajstić information content (AvgIpc) is 1.82. The number of rotatable bonds is 4. The Morgan fingerprint density at radius 2 is 1.90 bits per heavy atom. The molecule has 0 radical (unpaired) electrons. The highest BCUT2D eigenvalue weighted by molar-refractivity contribution is 4.65. The molecule has 0 aromatic heterocycles. The van der Waals surface area contributed by atoms with Gasteiger partial charge in [-0.2, -0.15) is 0 Å². The number of nitrogens with two attached hydrogens (primary N) is 1. The van der Waals surface area contributed by atoms with Crippen LogP contribution in [0.2, 0.25) is 0 Å². The van der Waals surface area contributed by atoms with Gasteiger partial charge in [-0.05, 0) is 13.8 Å². The van der Waals surface area contributed by atoms with Crippen LogP contribution < -0.4 is 5.73 Å². The predicted octanol–water partition coefficient (Wildman–Crippen LogP) is -0.951. The van der Waals surface area contributed by atoms with Gasteiger partial charge in [-0.25, -0.2) is 0 Å². The van der Waals surface area contributed by atoms with E-state index >= 15 is 0 Å². The maximum atomic E-state index is 8.85. The van der Waals surface area contributed by atoms with Gasteiger partial charge in [-0.3, -0.25) is 0 Å². The molecule has 0 bridgehead atoms. The van der Waals surface area contributed by atoms with Gasteiger partial charge in [-0.15, -0.1) is 0 Å². The highest BCUT2D eigenvalue weighted by Gasteiger charge is 2.09. The van der Waals surface area contributed by atoms with Gasteiger partial charge in [0.1, 0.15) is 0 Å². The lowest BCUT2D eigenvalue weighted by molar-refractivity contribution is -0.0955. The molecule has 0 aliphatic heterocycles. The van der Waals surface area contributed by atoms with Crippen LogP contribution >= 0.6 is 0 Å². The molecule has 0 heterocycles. The van der Waals surface area contributed by atoms with Crippen LogP contribution in [-0.4, -0.2) is 35.3 Å². The van der Waals surface area contributed by atoms with Gasteiger partial charge in [0.05, 0.1) is 18.8 Å². The molecule has 10 heavy (non-hydrogen) atoms. The van der Waals surface area contributed by atoms with Crippen molar-refractivity contribution < 1.29 is 14.9 Å². The summed E-state index contributed by atoms with van der Waals surface area (Å²) in [5.74, 6) is 0. The first-order chi connectivity index (χ1) is 4.54. The van der Waals surface area contributed by atoms with E-state index in [1.54, 1.807) is 6.92 Å². The number of aliphatic hydroxyl groups excluding tert-OH is 2. The molecule has 0 amide bonds. The quantitative estimate of drug-likeness (QED) is 0.450. The third-order valence-corrected chi connectivity index (χ3v) is 1.15. The fourth-order valence-corrected chi connectivity index (χ4v) is 0.390. The molecule has 4 heteroatoms. The Morgan fingerprint density at radius 3 is 2.20 bits per heavy atom. The molecular weight excluding hydrogens is 134 g/mol. The fraction of sp³-hybridized carbons (Fsp3) is 1.00. The lowest BCUT2D eigenvalue weighted by Crippen LogP contribution is -2.37. The Kier molecular flexibility index (Phi) is 4.55. The largest absolute Gasteiger partial charge is 0.392 e. The van der Waals surface area contributed by atoms with Crippen molar-refractivity contribution in [2.24, 2.45) is 5.73 Å². The van der Waals surface area contributed by atoms with E-state index in [1.165, 1.54) is 6.92 Å². The fourth-order valence-electron chi connectivity index (χ4n) is 0.390. The molecular formula is C6H15NO3. The zero-order valence-corrected chi connectivity index (χ0v) is 6.32. The number of hydrogen-bond acceptors (Lipinski definition) is 4. The predicted molar refractivity (Wildman–Crippen MR) is 37.3 cm³/mol. The smallest absolute Gasteiger partial charge is 0.151 e. The van der Waals surface area contributed by atoms with E-state index in [0.717, 1.165) is 0 Å². The summed E-state index contributed by atoms with van der Waals surface area (Å²) in [6.45, 7) is 3.25. The maximum absolute atomic E-state index is 8.85. The standard InChI is InChI=1S/C6H15NO3/c1-4(8)6(7)3-10-5(2)9/h4-6,8-9H,3,7H2,1-2H3. The van der Waals surface area contributed by atoms with Crippen LogP contribution in [0.25, 0.3) is 0 Å². The summed E-state index contributed by atoms with van der Waals surface area (Å²) in [6.07, 6.45) is -1.41. The summed E-state index contributed by atoms with van der Waals surface area (Å²) in [6, 6.07) is -0.422. The second-order valence-electron chi connectivity index (χ2n) is 2.34. The van der Waals surface area contributed by atoms with Crippen molar-refractivity contribution in [3.8, 4) is 0 Å². The molecule has 3 unspecified atom stereocenters. The Hall–Kier alpha value is -0.160. The second kappa shape index (κ2) is 4.62. The summed E-state index contributed by atoms with van der Waals surface area (Å²) in [5, 5.41) is 17.5. The Bertz CT molecular complexity index is 85.1. The molecule has 0 aliphatic carbocycles. The molecule has 0 fully saturated rings. The number of hydrogen-bond donors (Lipinski definition) is 3. The van der Waals surface area contributed by atoms with Gasteiger partial charge >= 0.3 is 0 Å². The van der Waals surface area contributed by atoms with E-state index in [0.29, 0.717) is 0 Å². The minimum absolute atomic E-state index is 0.176. The molecule has 3 atom stereocenters. The van der Waals surface area contributed by atoms with Gasteiger partial charge in [0.15, 0.2) is 6.29 Å². The second-order valence-corrected chi connectivity index (χ2v) is 2.34. The van der Waals surface area contributed by atoms with E-state index in [-0.39, 0.29) is 6.61 Å². The number of ether oxygens (including phenoxy) is 1. The summed E-state index contributed by atoms with van der Waals surface area (Å²) in [4.78, 5) is 0. The van der Waals surface area contributed by atoms with E-state index in [1.807, 2.05) is 0 Å². The first-order valence-electron chi connectivity index (χ1n) is 3.27. The van der Waals surface area contributed by atoms with Crippen LogP contribution in [0.15, 0.2) is 0 Å². The first-order valence-corrected chi connectivity index (χ1v) is 3.27. The third-order valence-electron chi connectivity index (χ3n) is 1.15. The Labute approximate surface area is 60.6 Å². The van der Waals surface area contributed by atoms with E-state index < -0.39 is 18.4 Å². The van der Waals surface area contributed by atoms with Crippen LogP contribution in [0, 0.1) is 0 Å². The van der Waals surface area contributed by atoms with Crippen LogP contribution in [-0.2, 0) is 4.74 Å². The molecule has 62 valence electrons. The van der Waals surface area contributed by atoms with Gasteiger partial charge in [0.25, 0.3) is 0 Å². The zero-order valence-electron chi connectivity index (χ0n) is 6.32. The van der Waals surface area contributed by atoms with E-state index in [2.05, 4.69) is 0 Å². The van der Waals surface area contributed by atoms with Crippen molar-refractivity contribution in [2.45, 2.75) is 32.3 Å². The van der Waals surface area contributed by atoms with E-state index in [9.17, 15) is 0 Å². The van der Waals surface area contributed by atoms with Crippen molar-refractivity contribution in [1.82, 2.24) is 0 Å². The molecule has 0 rings (SSSR count). The van der Waals surface area contributed by atoms with Gasteiger partial charge in [0.2, 0.25) is 0 Å². The molecule has 0 spiro atoms. The third kappa shape index (κ3) is 4.69. The minimum atomic E-state index is -0.815. The summed E-state index contributed by atoms with van der Waals surface area (Å²) in [7, 11) is 0. The lowest BCUT2D eigenvalue weighted by atomic mass is 10.2. The van der Waals surface area contributed by atoms with Crippen LogP contribution in [0.4, 0.5) is 0 Å². The van der Waals surface area contributed by atoms with Crippen molar-refractivity contribution in [3.63, 3.8) is 0 Å². The SMILES string of the molecule is CC(O)OCC(N)C(C)O. The highest BCUT2D eigenvalue weighted by atomic mass is 16.6. The van der Waals surface area contributed by atoms with Gasteiger partial charge in [-0.1, -0.05) is 0 Å². The highest BCUT2D eigenvalue weighted by Crippen LogP contribution is 1.91. The van der Waals surface area contributed by atoms with Crippen LogP contribution in [0.3, 0.4) is 0 Å². The Balaban J connectivity index is 3.30. The van der Waals surface area contributed by atoms with Crippen molar-refractivity contribution in [3.05, 3.63) is 0 Å². The van der Waals surface area contributed by atoms with Crippen molar-refractivity contribution in [2.75, 3.05) is 6.61 Å². The summed E-state index contributed by atoms with van der Waals surface area (Å²) < 4.78 is 4.74. The summed E-state index contributed by atoms with van der Waals surface area (Å²) >= 11 is 0. The zero-order chi connectivity index (χ0) is 8.15.